The van der Waals surface area contributed by atoms with E-state index in [1.54, 1.807) is 0 Å². The molecule has 0 fully saturated rings. The summed E-state index contributed by atoms with van der Waals surface area (Å²) in [6.07, 6.45) is 0. The molecule has 0 aliphatic rings. The Morgan fingerprint density at radius 2 is 1.46 bits per heavy atom. The zero-order chi connectivity index (χ0) is 18.2. The Morgan fingerprint density at radius 1 is 0.958 bits per heavy atom. The monoisotopic (exact) mass is 385 g/mol. The first kappa shape index (κ1) is 18.3. The van der Waals surface area contributed by atoms with Crippen molar-refractivity contribution in [3.63, 3.8) is 0 Å². The third kappa shape index (κ3) is 3.25. The van der Waals surface area contributed by atoms with Gasteiger partial charge >= 0.3 is 5.97 Å². The molecule has 2 N–H and O–H groups in total. The SMILES string of the molecule is Nc1cc(Cl)cc(C(=O)OCc2c(F)c(F)c(F)c(F)c2F)c1Cl. The Hall–Kier alpha value is -2.06. The first-order valence-corrected chi connectivity index (χ1v) is 6.82. The van der Waals surface area contributed by atoms with Gasteiger partial charge in [0.2, 0.25) is 5.82 Å². The van der Waals surface area contributed by atoms with Crippen LogP contribution in [-0.2, 0) is 11.3 Å². The molecule has 0 heterocycles. The van der Waals surface area contributed by atoms with Gasteiger partial charge in [-0.3, -0.25) is 0 Å². The summed E-state index contributed by atoms with van der Waals surface area (Å²) in [4.78, 5) is 11.9. The lowest BCUT2D eigenvalue weighted by molar-refractivity contribution is 0.0462. The third-order valence-electron chi connectivity index (χ3n) is 2.93. The highest BCUT2D eigenvalue weighted by molar-refractivity contribution is 6.37. The van der Waals surface area contributed by atoms with Crippen LogP contribution in [0.3, 0.4) is 0 Å². The molecule has 2 aromatic carbocycles. The number of halogens is 7. The first-order valence-electron chi connectivity index (χ1n) is 6.07. The van der Waals surface area contributed by atoms with Crippen LogP contribution in [0.5, 0.6) is 0 Å². The highest BCUT2D eigenvalue weighted by atomic mass is 35.5. The number of anilines is 1. The Balaban J connectivity index is 2.31. The minimum atomic E-state index is -2.31. The molecule has 0 bridgehead atoms. The summed E-state index contributed by atoms with van der Waals surface area (Å²) in [6, 6.07) is 2.31. The lowest BCUT2D eigenvalue weighted by Gasteiger charge is -2.11. The van der Waals surface area contributed by atoms with Crippen LogP contribution in [0.25, 0.3) is 0 Å². The Morgan fingerprint density at radius 3 is 2.00 bits per heavy atom. The molecule has 24 heavy (non-hydrogen) atoms. The van der Waals surface area contributed by atoms with Crippen molar-refractivity contribution in [2.45, 2.75) is 6.61 Å². The van der Waals surface area contributed by atoms with Gasteiger partial charge in [-0.25, -0.2) is 26.7 Å². The van der Waals surface area contributed by atoms with Crippen LogP contribution < -0.4 is 5.73 Å². The van der Waals surface area contributed by atoms with Gasteiger partial charge in [-0.15, -0.1) is 0 Å². The van der Waals surface area contributed by atoms with E-state index in [0.29, 0.717) is 0 Å². The number of ether oxygens (including phenoxy) is 1. The summed E-state index contributed by atoms with van der Waals surface area (Å²) in [6.45, 7) is -1.21. The Labute approximate surface area is 141 Å². The summed E-state index contributed by atoms with van der Waals surface area (Å²) in [5.74, 6) is -12.0. The van der Waals surface area contributed by atoms with E-state index < -0.39 is 47.2 Å². The molecule has 0 unspecified atom stereocenters. The fraction of sp³-hybridized carbons (Fsp3) is 0.0714. The molecule has 0 saturated heterocycles. The minimum absolute atomic E-state index is 0.0279. The highest BCUT2D eigenvalue weighted by Gasteiger charge is 2.27. The molecule has 0 atom stereocenters. The number of esters is 1. The van der Waals surface area contributed by atoms with E-state index in [9.17, 15) is 26.7 Å². The van der Waals surface area contributed by atoms with Gasteiger partial charge in [-0.1, -0.05) is 23.2 Å². The average molecular weight is 386 g/mol. The van der Waals surface area contributed by atoms with E-state index in [4.69, 9.17) is 28.9 Å². The van der Waals surface area contributed by atoms with Gasteiger partial charge in [0.15, 0.2) is 23.3 Å². The number of hydrogen-bond donors (Lipinski definition) is 1. The molecular formula is C14H6Cl2F5NO2. The molecule has 0 spiro atoms. The van der Waals surface area contributed by atoms with Crippen LogP contribution in [-0.4, -0.2) is 5.97 Å². The van der Waals surface area contributed by atoms with Crippen molar-refractivity contribution in [1.82, 2.24) is 0 Å². The predicted octanol–water partition coefficient (Wildman–Crippen LogP) is 4.63. The van der Waals surface area contributed by atoms with Gasteiger partial charge in [0.25, 0.3) is 0 Å². The van der Waals surface area contributed by atoms with Gasteiger partial charge in [0.05, 0.1) is 21.8 Å². The minimum Gasteiger partial charge on any atom is -0.457 e. The van der Waals surface area contributed by atoms with Crippen LogP contribution in [0.15, 0.2) is 12.1 Å². The molecule has 0 aliphatic carbocycles. The van der Waals surface area contributed by atoms with Gasteiger partial charge in [0, 0.05) is 5.02 Å². The summed E-state index contributed by atoms with van der Waals surface area (Å²) >= 11 is 11.5. The number of benzene rings is 2. The van der Waals surface area contributed by atoms with Gasteiger partial charge < -0.3 is 10.5 Å². The maximum atomic E-state index is 13.5. The number of carbonyl (C=O) groups excluding carboxylic acids is 1. The summed E-state index contributed by atoms with van der Waals surface area (Å²) in [5, 5.41) is -0.207. The highest BCUT2D eigenvalue weighted by Crippen LogP contribution is 2.29. The number of carbonyl (C=O) groups is 1. The van der Waals surface area contributed by atoms with E-state index in [1.807, 2.05) is 0 Å². The van der Waals surface area contributed by atoms with Gasteiger partial charge in [-0.05, 0) is 12.1 Å². The smallest absolute Gasteiger partial charge is 0.340 e. The van der Waals surface area contributed by atoms with E-state index in [-0.39, 0.29) is 21.3 Å². The third-order valence-corrected chi connectivity index (χ3v) is 3.57. The van der Waals surface area contributed by atoms with Gasteiger partial charge in [-0.2, -0.15) is 0 Å². The van der Waals surface area contributed by atoms with E-state index >= 15 is 0 Å². The quantitative estimate of drug-likeness (QED) is 0.275. The second-order valence-electron chi connectivity index (χ2n) is 4.48. The van der Waals surface area contributed by atoms with E-state index in [1.165, 1.54) is 6.07 Å². The largest absolute Gasteiger partial charge is 0.457 e. The lowest BCUT2D eigenvalue weighted by Crippen LogP contribution is -2.12. The van der Waals surface area contributed by atoms with Crippen molar-refractivity contribution in [2.24, 2.45) is 0 Å². The standard InChI is InChI=1S/C14H6Cl2F5NO2/c15-4-1-5(8(16)7(22)2-4)14(23)24-3-6-9(17)11(19)13(21)12(20)10(6)18/h1-2H,3,22H2. The van der Waals surface area contributed by atoms with Crippen LogP contribution in [0.4, 0.5) is 27.6 Å². The number of hydrogen-bond acceptors (Lipinski definition) is 3. The average Bonchev–Trinajstić information content (AvgIpc) is 2.54. The maximum absolute atomic E-state index is 13.5. The molecule has 10 heteroatoms. The molecular weight excluding hydrogens is 380 g/mol. The Bertz CT molecular complexity index is 816. The molecule has 0 amide bonds. The first-order chi connectivity index (χ1) is 11.1. The molecule has 0 aromatic heterocycles. The molecule has 0 radical (unpaired) electrons. The van der Waals surface area contributed by atoms with Crippen molar-refractivity contribution in [1.29, 1.82) is 0 Å². The maximum Gasteiger partial charge on any atom is 0.340 e. The molecule has 3 nitrogen and oxygen atoms in total. The number of rotatable bonds is 3. The van der Waals surface area contributed by atoms with Crippen molar-refractivity contribution in [3.05, 3.63) is 62.4 Å². The van der Waals surface area contributed by atoms with Crippen LogP contribution >= 0.6 is 23.2 Å². The molecule has 0 aliphatic heterocycles. The van der Waals surface area contributed by atoms with Crippen LogP contribution in [0, 0.1) is 29.1 Å². The molecule has 128 valence electrons. The number of nitrogen functional groups attached to an aromatic ring is 1. The van der Waals surface area contributed by atoms with Gasteiger partial charge in [0.1, 0.15) is 6.61 Å². The van der Waals surface area contributed by atoms with E-state index in [0.717, 1.165) is 6.07 Å². The summed E-state index contributed by atoms with van der Waals surface area (Å²) in [5.41, 5.74) is 3.80. The lowest BCUT2D eigenvalue weighted by atomic mass is 10.1. The fourth-order valence-corrected chi connectivity index (χ4v) is 2.16. The number of nitrogens with two attached hydrogens (primary N) is 1. The predicted molar refractivity (Wildman–Crippen MR) is 76.2 cm³/mol. The van der Waals surface area contributed by atoms with Crippen LogP contribution in [0.1, 0.15) is 15.9 Å². The normalized spacial score (nSPS) is 10.8. The molecule has 2 rings (SSSR count). The van der Waals surface area contributed by atoms with Crippen molar-refractivity contribution in [3.8, 4) is 0 Å². The topological polar surface area (TPSA) is 52.3 Å². The van der Waals surface area contributed by atoms with Crippen molar-refractivity contribution < 1.29 is 31.5 Å². The molecule has 0 saturated carbocycles. The Kier molecular flexibility index (Phi) is 5.19. The zero-order valence-corrected chi connectivity index (χ0v) is 12.9. The second kappa shape index (κ2) is 6.82. The van der Waals surface area contributed by atoms with E-state index in [2.05, 4.69) is 4.74 Å². The summed E-state index contributed by atoms with van der Waals surface area (Å²) < 4.78 is 70.6. The zero-order valence-electron chi connectivity index (χ0n) is 11.4. The van der Waals surface area contributed by atoms with Crippen molar-refractivity contribution in [2.75, 3.05) is 5.73 Å². The summed E-state index contributed by atoms with van der Waals surface area (Å²) in [7, 11) is 0. The fourth-order valence-electron chi connectivity index (χ4n) is 1.75. The second-order valence-corrected chi connectivity index (χ2v) is 5.30. The molecule has 2 aromatic rings. The van der Waals surface area contributed by atoms with Crippen molar-refractivity contribution >= 4 is 34.9 Å². The van der Waals surface area contributed by atoms with Crippen LogP contribution in [0.2, 0.25) is 10.0 Å².